The second-order valence-corrected chi connectivity index (χ2v) is 7.40. The van der Waals surface area contributed by atoms with Crippen molar-refractivity contribution in [2.45, 2.75) is 31.8 Å². The maximum absolute atomic E-state index is 12.8. The molecule has 4 heteroatoms. The van der Waals surface area contributed by atoms with E-state index >= 15 is 0 Å². The number of fused-ring (bicyclic) bond motifs is 1. The summed E-state index contributed by atoms with van der Waals surface area (Å²) in [6.45, 7) is 2.28. The molecule has 0 amide bonds. The summed E-state index contributed by atoms with van der Waals surface area (Å²) in [6.07, 6.45) is 5.47. The Morgan fingerprint density at radius 1 is 1.07 bits per heavy atom. The second-order valence-electron chi connectivity index (χ2n) is 7.40. The molecule has 3 aromatic rings. The van der Waals surface area contributed by atoms with E-state index in [1.807, 2.05) is 42.6 Å². The van der Waals surface area contributed by atoms with E-state index in [9.17, 15) is 4.79 Å². The molecular formula is C23H26N2O2. The minimum Gasteiger partial charge on any atom is -0.460 e. The molecule has 0 spiro atoms. The molecule has 0 radical (unpaired) electrons. The number of rotatable bonds is 5. The van der Waals surface area contributed by atoms with Crippen LogP contribution in [0.1, 0.15) is 35.2 Å². The van der Waals surface area contributed by atoms with E-state index in [1.165, 1.54) is 18.4 Å². The first-order valence-electron chi connectivity index (χ1n) is 9.71. The normalized spacial score (nSPS) is 17.9. The molecule has 2 heterocycles. The van der Waals surface area contributed by atoms with Crippen LogP contribution in [0.25, 0.3) is 10.9 Å². The van der Waals surface area contributed by atoms with Gasteiger partial charge in [0.1, 0.15) is 6.61 Å². The van der Waals surface area contributed by atoms with E-state index in [2.05, 4.69) is 34.7 Å². The number of likely N-dealkylation sites (tertiary alicyclic amines) is 1. The lowest BCUT2D eigenvalue weighted by atomic mass is 10.0. The van der Waals surface area contributed by atoms with Crippen LogP contribution in [-0.4, -0.2) is 41.7 Å². The lowest BCUT2D eigenvalue weighted by Gasteiger charge is -2.31. The Labute approximate surface area is 160 Å². The van der Waals surface area contributed by atoms with Gasteiger partial charge in [-0.25, -0.2) is 4.79 Å². The van der Waals surface area contributed by atoms with Crippen molar-refractivity contribution in [1.82, 2.24) is 9.47 Å². The molecule has 0 saturated carbocycles. The van der Waals surface area contributed by atoms with E-state index in [0.29, 0.717) is 18.2 Å². The molecule has 1 aliphatic rings. The van der Waals surface area contributed by atoms with Crippen molar-refractivity contribution in [2.24, 2.45) is 0 Å². The van der Waals surface area contributed by atoms with Crippen molar-refractivity contribution in [3.8, 4) is 0 Å². The first-order valence-corrected chi connectivity index (χ1v) is 9.71. The van der Waals surface area contributed by atoms with Gasteiger partial charge in [-0.15, -0.1) is 0 Å². The summed E-state index contributed by atoms with van der Waals surface area (Å²) in [5.74, 6) is -0.225. The van der Waals surface area contributed by atoms with Gasteiger partial charge in [0.25, 0.3) is 0 Å². The monoisotopic (exact) mass is 362 g/mol. The molecule has 2 aromatic carbocycles. The molecule has 1 saturated heterocycles. The number of hydrogen-bond acceptors (Lipinski definition) is 3. The topological polar surface area (TPSA) is 34.5 Å². The molecule has 4 rings (SSSR count). The van der Waals surface area contributed by atoms with Crippen molar-refractivity contribution in [2.75, 3.05) is 20.2 Å². The Morgan fingerprint density at radius 2 is 1.85 bits per heavy atom. The number of likely N-dealkylation sites (N-methyl/N-ethyl adjacent to an activating group) is 1. The summed E-state index contributed by atoms with van der Waals surface area (Å²) in [4.78, 5) is 15.1. The van der Waals surface area contributed by atoms with Gasteiger partial charge in [-0.3, -0.25) is 0 Å². The van der Waals surface area contributed by atoms with Crippen molar-refractivity contribution in [3.63, 3.8) is 0 Å². The molecule has 1 atom stereocenters. The highest BCUT2D eigenvalue weighted by molar-refractivity contribution is 6.04. The molecule has 1 fully saturated rings. The number of esters is 1. The average molecular weight is 362 g/mol. The van der Waals surface area contributed by atoms with Gasteiger partial charge in [0.15, 0.2) is 0 Å². The number of aromatic nitrogens is 1. The highest BCUT2D eigenvalue weighted by Crippen LogP contribution is 2.24. The van der Waals surface area contributed by atoms with Crippen molar-refractivity contribution in [3.05, 3.63) is 71.9 Å². The standard InChI is InChI=1S/C23H26N2O2/c1-24-14-8-7-11-19(24)17-27-23(26)21-16-25(15-18-9-3-2-4-10-18)22-13-6-5-12-20(21)22/h2-6,9-10,12-13,16,19H,7-8,11,14-15,17H2,1H3. The molecule has 140 valence electrons. The van der Waals surface area contributed by atoms with Gasteiger partial charge in [-0.1, -0.05) is 55.0 Å². The SMILES string of the molecule is CN1CCCCC1COC(=O)c1cn(Cc2ccccc2)c2ccccc12. The third-order valence-corrected chi connectivity index (χ3v) is 5.53. The van der Waals surface area contributed by atoms with Crippen LogP contribution < -0.4 is 0 Å². The van der Waals surface area contributed by atoms with E-state index in [0.717, 1.165) is 30.4 Å². The predicted octanol–water partition coefficient (Wildman–Crippen LogP) is 4.33. The zero-order valence-electron chi connectivity index (χ0n) is 15.8. The fraction of sp³-hybridized carbons (Fsp3) is 0.348. The molecule has 4 nitrogen and oxygen atoms in total. The van der Waals surface area contributed by atoms with Gasteiger partial charge < -0.3 is 14.2 Å². The van der Waals surface area contributed by atoms with Gasteiger partial charge in [0, 0.05) is 29.7 Å². The van der Waals surface area contributed by atoms with Crippen LogP contribution in [0.4, 0.5) is 0 Å². The third-order valence-electron chi connectivity index (χ3n) is 5.53. The smallest absolute Gasteiger partial charge is 0.340 e. The number of carbonyl (C=O) groups excluding carboxylic acids is 1. The summed E-state index contributed by atoms with van der Waals surface area (Å²) in [5, 5.41) is 0.954. The predicted molar refractivity (Wildman–Crippen MR) is 108 cm³/mol. The number of carbonyl (C=O) groups is 1. The fourth-order valence-corrected chi connectivity index (χ4v) is 3.92. The van der Waals surface area contributed by atoms with Crippen molar-refractivity contribution < 1.29 is 9.53 Å². The molecule has 1 aliphatic heterocycles. The lowest BCUT2D eigenvalue weighted by Crippen LogP contribution is -2.39. The summed E-state index contributed by atoms with van der Waals surface area (Å²) in [5.41, 5.74) is 2.92. The van der Waals surface area contributed by atoms with Crippen LogP contribution in [0.2, 0.25) is 0 Å². The molecule has 0 aliphatic carbocycles. The first kappa shape index (κ1) is 17.8. The van der Waals surface area contributed by atoms with Gasteiger partial charge >= 0.3 is 5.97 Å². The Bertz CT molecular complexity index is 917. The molecule has 0 N–H and O–H groups in total. The number of piperidine rings is 1. The molecule has 27 heavy (non-hydrogen) atoms. The Hall–Kier alpha value is -2.59. The average Bonchev–Trinajstić information content (AvgIpc) is 3.07. The van der Waals surface area contributed by atoms with Gasteiger partial charge in [0.2, 0.25) is 0 Å². The van der Waals surface area contributed by atoms with Crippen LogP contribution in [0, 0.1) is 0 Å². The van der Waals surface area contributed by atoms with Crippen LogP contribution in [0.15, 0.2) is 60.8 Å². The maximum atomic E-state index is 12.8. The highest BCUT2D eigenvalue weighted by Gasteiger charge is 2.22. The van der Waals surface area contributed by atoms with E-state index in [1.54, 1.807) is 0 Å². The number of para-hydroxylation sites is 1. The minimum atomic E-state index is -0.225. The lowest BCUT2D eigenvalue weighted by molar-refractivity contribution is 0.0330. The van der Waals surface area contributed by atoms with Crippen LogP contribution in [-0.2, 0) is 11.3 Å². The Balaban J connectivity index is 1.55. The number of nitrogens with zero attached hydrogens (tertiary/aromatic N) is 2. The number of benzene rings is 2. The minimum absolute atomic E-state index is 0.225. The molecular weight excluding hydrogens is 336 g/mol. The zero-order chi connectivity index (χ0) is 18.6. The van der Waals surface area contributed by atoms with Crippen molar-refractivity contribution >= 4 is 16.9 Å². The van der Waals surface area contributed by atoms with Gasteiger partial charge in [0.05, 0.1) is 5.56 Å². The fourth-order valence-electron chi connectivity index (χ4n) is 3.92. The zero-order valence-corrected chi connectivity index (χ0v) is 15.8. The second kappa shape index (κ2) is 7.97. The molecule has 0 bridgehead atoms. The summed E-state index contributed by atoms with van der Waals surface area (Å²) >= 11 is 0. The van der Waals surface area contributed by atoms with Gasteiger partial charge in [-0.05, 0) is 38.1 Å². The Morgan fingerprint density at radius 3 is 2.67 bits per heavy atom. The number of hydrogen-bond donors (Lipinski definition) is 0. The Kier molecular flexibility index (Phi) is 5.26. The molecule has 1 unspecified atom stereocenters. The van der Waals surface area contributed by atoms with Crippen LogP contribution in [0.3, 0.4) is 0 Å². The van der Waals surface area contributed by atoms with Crippen LogP contribution in [0.5, 0.6) is 0 Å². The largest absolute Gasteiger partial charge is 0.460 e. The van der Waals surface area contributed by atoms with E-state index < -0.39 is 0 Å². The van der Waals surface area contributed by atoms with Crippen LogP contribution >= 0.6 is 0 Å². The maximum Gasteiger partial charge on any atom is 0.340 e. The van der Waals surface area contributed by atoms with E-state index in [4.69, 9.17) is 4.74 Å². The summed E-state index contributed by atoms with van der Waals surface area (Å²) < 4.78 is 7.85. The van der Waals surface area contributed by atoms with Crippen molar-refractivity contribution in [1.29, 1.82) is 0 Å². The summed E-state index contributed by atoms with van der Waals surface area (Å²) in [7, 11) is 2.11. The van der Waals surface area contributed by atoms with E-state index in [-0.39, 0.29) is 5.97 Å². The molecule has 1 aromatic heterocycles. The number of ether oxygens (including phenoxy) is 1. The summed E-state index contributed by atoms with van der Waals surface area (Å²) in [6, 6.07) is 18.7. The first-order chi connectivity index (χ1) is 13.2. The third kappa shape index (κ3) is 3.91. The van der Waals surface area contributed by atoms with Gasteiger partial charge in [-0.2, -0.15) is 0 Å². The quantitative estimate of drug-likeness (QED) is 0.634. The highest BCUT2D eigenvalue weighted by atomic mass is 16.5.